The quantitative estimate of drug-likeness (QED) is 0.801. The van der Waals surface area contributed by atoms with Gasteiger partial charge in [-0.3, -0.25) is 4.98 Å². The minimum Gasteiger partial charge on any atom is -0.357 e. The van der Waals surface area contributed by atoms with E-state index < -0.39 is 0 Å². The number of aromatic nitrogens is 3. The molecule has 0 fully saturated rings. The van der Waals surface area contributed by atoms with Gasteiger partial charge in [0.1, 0.15) is 0 Å². The average molecular weight is 299 g/mol. The molecule has 108 valence electrons. The van der Waals surface area contributed by atoms with Gasteiger partial charge >= 0.3 is 0 Å². The average Bonchev–Trinajstić information content (AvgIpc) is 2.89. The van der Waals surface area contributed by atoms with Crippen LogP contribution in [0.25, 0.3) is 21.6 Å². The normalized spacial score (nSPS) is 11.0. The molecule has 0 aromatic carbocycles. The first kappa shape index (κ1) is 13.9. The molecule has 0 aliphatic carbocycles. The summed E-state index contributed by atoms with van der Waals surface area (Å²) >= 11 is 1.68. The lowest BCUT2D eigenvalue weighted by Crippen LogP contribution is -2.26. The molecule has 6 heteroatoms. The van der Waals surface area contributed by atoms with Crippen molar-refractivity contribution in [3.63, 3.8) is 0 Å². The van der Waals surface area contributed by atoms with Crippen molar-refractivity contribution in [3.8, 4) is 11.4 Å². The highest BCUT2D eigenvalue weighted by molar-refractivity contribution is 7.18. The first-order valence-corrected chi connectivity index (χ1v) is 7.66. The van der Waals surface area contributed by atoms with E-state index in [1.165, 1.54) is 5.56 Å². The summed E-state index contributed by atoms with van der Waals surface area (Å²) in [7, 11) is 2.01. The number of fused-ring (bicyclic) bond motifs is 1. The van der Waals surface area contributed by atoms with Gasteiger partial charge in [-0.2, -0.15) is 0 Å². The van der Waals surface area contributed by atoms with Crippen molar-refractivity contribution >= 4 is 27.4 Å². The summed E-state index contributed by atoms with van der Waals surface area (Å²) in [6, 6.07) is 3.85. The SMILES string of the molecule is Cc1csc2c(N(C)CCN)nc(-c3ccncc3)nc12. The van der Waals surface area contributed by atoms with E-state index in [-0.39, 0.29) is 0 Å². The van der Waals surface area contributed by atoms with Crippen LogP contribution in [0.4, 0.5) is 5.82 Å². The maximum atomic E-state index is 5.68. The van der Waals surface area contributed by atoms with Crippen LogP contribution >= 0.6 is 11.3 Å². The molecular formula is C15H17N5S. The van der Waals surface area contributed by atoms with Gasteiger partial charge < -0.3 is 10.6 Å². The second kappa shape index (κ2) is 5.75. The summed E-state index contributed by atoms with van der Waals surface area (Å²) in [4.78, 5) is 15.6. The molecule has 2 N–H and O–H groups in total. The zero-order chi connectivity index (χ0) is 14.8. The molecule has 0 bridgehead atoms. The van der Waals surface area contributed by atoms with Crippen LogP contribution in [-0.4, -0.2) is 35.1 Å². The molecule has 0 unspecified atom stereocenters. The number of hydrogen-bond donors (Lipinski definition) is 1. The molecule has 0 aliphatic rings. The van der Waals surface area contributed by atoms with E-state index in [2.05, 4.69) is 22.2 Å². The highest BCUT2D eigenvalue weighted by Gasteiger charge is 2.15. The van der Waals surface area contributed by atoms with Gasteiger partial charge in [0.05, 0.1) is 10.2 Å². The molecule has 0 radical (unpaired) electrons. The maximum absolute atomic E-state index is 5.68. The third kappa shape index (κ3) is 2.59. The Labute approximate surface area is 127 Å². The van der Waals surface area contributed by atoms with E-state index >= 15 is 0 Å². The molecule has 0 spiro atoms. The maximum Gasteiger partial charge on any atom is 0.162 e. The highest BCUT2D eigenvalue weighted by Crippen LogP contribution is 2.33. The molecule has 3 aromatic heterocycles. The van der Waals surface area contributed by atoms with Crippen LogP contribution in [0.5, 0.6) is 0 Å². The van der Waals surface area contributed by atoms with E-state index in [4.69, 9.17) is 15.7 Å². The van der Waals surface area contributed by atoms with Crippen LogP contribution in [-0.2, 0) is 0 Å². The molecule has 3 aromatic rings. The fourth-order valence-electron chi connectivity index (χ4n) is 2.21. The summed E-state index contributed by atoms with van der Waals surface area (Å²) < 4.78 is 1.11. The minimum absolute atomic E-state index is 0.594. The molecule has 0 atom stereocenters. The highest BCUT2D eigenvalue weighted by atomic mass is 32.1. The third-order valence-electron chi connectivity index (χ3n) is 3.34. The lowest BCUT2D eigenvalue weighted by atomic mass is 10.2. The Morgan fingerprint density at radius 1 is 1.24 bits per heavy atom. The lowest BCUT2D eigenvalue weighted by molar-refractivity contribution is 0.872. The van der Waals surface area contributed by atoms with Crippen LogP contribution < -0.4 is 10.6 Å². The van der Waals surface area contributed by atoms with E-state index in [0.29, 0.717) is 6.54 Å². The minimum atomic E-state index is 0.594. The third-order valence-corrected chi connectivity index (χ3v) is 4.42. The van der Waals surface area contributed by atoms with Gasteiger partial charge in [-0.25, -0.2) is 9.97 Å². The zero-order valence-corrected chi connectivity index (χ0v) is 12.9. The standard InChI is InChI=1S/C15H17N5S/c1-10-9-21-13-12(10)18-14(11-3-6-17-7-4-11)19-15(13)20(2)8-5-16/h3-4,6-7,9H,5,8,16H2,1-2H3. The molecule has 21 heavy (non-hydrogen) atoms. The van der Waals surface area contributed by atoms with Crippen molar-refractivity contribution in [2.45, 2.75) is 6.92 Å². The zero-order valence-electron chi connectivity index (χ0n) is 12.1. The molecule has 3 heterocycles. The van der Waals surface area contributed by atoms with Crippen molar-refractivity contribution < 1.29 is 0 Å². The number of anilines is 1. The van der Waals surface area contributed by atoms with E-state index in [0.717, 1.165) is 34.0 Å². The lowest BCUT2D eigenvalue weighted by Gasteiger charge is -2.18. The summed E-state index contributed by atoms with van der Waals surface area (Å²) in [5, 5.41) is 2.12. The Bertz CT molecular complexity index is 753. The van der Waals surface area contributed by atoms with E-state index in [9.17, 15) is 0 Å². The molecule has 0 amide bonds. The van der Waals surface area contributed by atoms with Crippen LogP contribution in [0.2, 0.25) is 0 Å². The van der Waals surface area contributed by atoms with Crippen LogP contribution in [0.1, 0.15) is 5.56 Å². The smallest absolute Gasteiger partial charge is 0.162 e. The molecule has 3 rings (SSSR count). The van der Waals surface area contributed by atoms with Gasteiger partial charge in [-0.1, -0.05) is 0 Å². The van der Waals surface area contributed by atoms with Gasteiger partial charge in [0.15, 0.2) is 11.6 Å². The van der Waals surface area contributed by atoms with Crippen molar-refractivity contribution in [1.29, 1.82) is 0 Å². The number of likely N-dealkylation sites (N-methyl/N-ethyl adjacent to an activating group) is 1. The summed E-state index contributed by atoms with van der Waals surface area (Å²) in [6.07, 6.45) is 3.51. The molecule has 5 nitrogen and oxygen atoms in total. The topological polar surface area (TPSA) is 67.9 Å². The van der Waals surface area contributed by atoms with Gasteiger partial charge in [-0.05, 0) is 30.0 Å². The van der Waals surface area contributed by atoms with Crippen LogP contribution in [0, 0.1) is 6.92 Å². The summed E-state index contributed by atoms with van der Waals surface area (Å²) in [5.41, 5.74) is 8.84. The Morgan fingerprint density at radius 3 is 2.71 bits per heavy atom. The number of pyridine rings is 1. The fraction of sp³-hybridized carbons (Fsp3) is 0.267. The number of rotatable bonds is 4. The molecule has 0 saturated heterocycles. The Kier molecular flexibility index (Phi) is 3.81. The van der Waals surface area contributed by atoms with Crippen molar-refractivity contribution in [1.82, 2.24) is 15.0 Å². The van der Waals surface area contributed by atoms with Gasteiger partial charge in [0, 0.05) is 38.1 Å². The van der Waals surface area contributed by atoms with Crippen molar-refractivity contribution in [3.05, 3.63) is 35.5 Å². The number of thiophene rings is 1. The van der Waals surface area contributed by atoms with Gasteiger partial charge in [0.25, 0.3) is 0 Å². The van der Waals surface area contributed by atoms with Crippen LogP contribution in [0.15, 0.2) is 29.9 Å². The Morgan fingerprint density at radius 2 is 2.00 bits per heavy atom. The second-order valence-electron chi connectivity index (χ2n) is 4.91. The Hall–Kier alpha value is -2.05. The predicted octanol–water partition coefficient (Wildman–Crippen LogP) is 2.46. The second-order valence-corrected chi connectivity index (χ2v) is 5.79. The van der Waals surface area contributed by atoms with E-state index in [1.54, 1.807) is 23.7 Å². The molecule has 0 aliphatic heterocycles. The molecule has 0 saturated carbocycles. The first-order valence-electron chi connectivity index (χ1n) is 6.78. The van der Waals surface area contributed by atoms with Gasteiger partial charge in [0.2, 0.25) is 0 Å². The van der Waals surface area contributed by atoms with Crippen molar-refractivity contribution in [2.24, 2.45) is 5.73 Å². The monoisotopic (exact) mass is 299 g/mol. The number of nitrogens with zero attached hydrogens (tertiary/aromatic N) is 4. The number of nitrogens with two attached hydrogens (primary N) is 1. The Balaban J connectivity index is 2.21. The summed E-state index contributed by atoms with van der Waals surface area (Å²) in [5.74, 6) is 1.67. The summed E-state index contributed by atoms with van der Waals surface area (Å²) in [6.45, 7) is 3.44. The number of hydrogen-bond acceptors (Lipinski definition) is 6. The van der Waals surface area contributed by atoms with E-state index in [1.807, 2.05) is 19.2 Å². The predicted molar refractivity (Wildman–Crippen MR) is 87.7 cm³/mol. The number of aryl methyl sites for hydroxylation is 1. The molecular weight excluding hydrogens is 282 g/mol. The largest absolute Gasteiger partial charge is 0.357 e. The van der Waals surface area contributed by atoms with Crippen molar-refractivity contribution in [2.75, 3.05) is 25.0 Å². The first-order chi connectivity index (χ1) is 10.2. The van der Waals surface area contributed by atoms with Gasteiger partial charge in [-0.15, -0.1) is 11.3 Å². The fourth-order valence-corrected chi connectivity index (χ4v) is 3.24. The van der Waals surface area contributed by atoms with Crippen LogP contribution in [0.3, 0.4) is 0 Å².